The lowest BCUT2D eigenvalue weighted by Crippen LogP contribution is -2.23. The SMILES string of the molecule is COc1ccc(OC)c(Cc2nnc(CCC(=O)NCc3cc(F)ccc3C)o2)c1. The third-order valence-electron chi connectivity index (χ3n) is 4.69. The highest BCUT2D eigenvalue weighted by atomic mass is 19.1. The molecule has 0 bridgehead atoms. The van der Waals surface area contributed by atoms with Crippen LogP contribution in [0.15, 0.2) is 40.8 Å². The summed E-state index contributed by atoms with van der Waals surface area (Å²) in [5.74, 6) is 1.71. The molecule has 0 saturated heterocycles. The summed E-state index contributed by atoms with van der Waals surface area (Å²) >= 11 is 0. The smallest absolute Gasteiger partial charge is 0.221 e. The van der Waals surface area contributed by atoms with Crippen molar-refractivity contribution in [1.29, 1.82) is 0 Å². The summed E-state index contributed by atoms with van der Waals surface area (Å²) in [6.07, 6.45) is 0.896. The number of aromatic nitrogens is 2. The molecular formula is C22H24FN3O4. The summed E-state index contributed by atoms with van der Waals surface area (Å²) in [4.78, 5) is 12.1. The molecule has 0 spiro atoms. The van der Waals surface area contributed by atoms with Crippen LogP contribution in [-0.2, 0) is 24.2 Å². The van der Waals surface area contributed by atoms with Gasteiger partial charge in [-0.25, -0.2) is 4.39 Å². The molecule has 0 aliphatic carbocycles. The van der Waals surface area contributed by atoms with E-state index >= 15 is 0 Å². The lowest BCUT2D eigenvalue weighted by atomic mass is 10.1. The molecule has 7 nitrogen and oxygen atoms in total. The molecule has 0 aliphatic heterocycles. The number of carbonyl (C=O) groups excluding carboxylic acids is 1. The molecule has 3 rings (SSSR count). The van der Waals surface area contributed by atoms with Crippen LogP contribution in [0.25, 0.3) is 0 Å². The van der Waals surface area contributed by atoms with Crippen LogP contribution in [-0.4, -0.2) is 30.3 Å². The lowest BCUT2D eigenvalue weighted by Gasteiger charge is -2.08. The van der Waals surface area contributed by atoms with Crippen LogP contribution >= 0.6 is 0 Å². The van der Waals surface area contributed by atoms with Crippen LogP contribution in [0.3, 0.4) is 0 Å². The predicted octanol–water partition coefficient (Wildman–Crippen LogP) is 3.37. The second-order valence-corrected chi connectivity index (χ2v) is 6.79. The summed E-state index contributed by atoms with van der Waals surface area (Å²) < 4.78 is 29.6. The maximum absolute atomic E-state index is 13.3. The minimum Gasteiger partial charge on any atom is -0.497 e. The number of ether oxygens (including phenoxy) is 2. The number of benzene rings is 2. The first-order chi connectivity index (χ1) is 14.5. The fourth-order valence-corrected chi connectivity index (χ4v) is 2.98. The van der Waals surface area contributed by atoms with Crippen molar-refractivity contribution in [2.45, 2.75) is 32.7 Å². The molecule has 1 amide bonds. The van der Waals surface area contributed by atoms with E-state index in [4.69, 9.17) is 13.9 Å². The number of nitrogens with zero attached hydrogens (tertiary/aromatic N) is 2. The largest absolute Gasteiger partial charge is 0.497 e. The van der Waals surface area contributed by atoms with E-state index in [1.165, 1.54) is 12.1 Å². The molecule has 1 aromatic heterocycles. The minimum absolute atomic E-state index is 0.173. The van der Waals surface area contributed by atoms with Crippen molar-refractivity contribution >= 4 is 5.91 Å². The number of halogens is 1. The Morgan fingerprint density at radius 1 is 1.07 bits per heavy atom. The molecule has 8 heteroatoms. The van der Waals surface area contributed by atoms with Gasteiger partial charge in [-0.15, -0.1) is 10.2 Å². The fraction of sp³-hybridized carbons (Fsp3) is 0.318. The first-order valence-corrected chi connectivity index (χ1v) is 9.52. The molecule has 0 aliphatic rings. The number of methoxy groups -OCH3 is 2. The Bertz CT molecular complexity index is 1020. The number of rotatable bonds is 9. The highest BCUT2D eigenvalue weighted by Gasteiger charge is 2.13. The predicted molar refractivity (Wildman–Crippen MR) is 108 cm³/mol. The third-order valence-corrected chi connectivity index (χ3v) is 4.69. The number of hydrogen-bond acceptors (Lipinski definition) is 6. The minimum atomic E-state index is -0.323. The Morgan fingerprint density at radius 2 is 1.87 bits per heavy atom. The van der Waals surface area contributed by atoms with E-state index in [-0.39, 0.29) is 24.7 Å². The molecule has 1 N–H and O–H groups in total. The zero-order valence-corrected chi connectivity index (χ0v) is 17.2. The summed E-state index contributed by atoms with van der Waals surface area (Å²) in [5.41, 5.74) is 2.53. The summed E-state index contributed by atoms with van der Waals surface area (Å²) in [5, 5.41) is 10.8. The zero-order chi connectivity index (χ0) is 21.5. The first kappa shape index (κ1) is 21.3. The Balaban J connectivity index is 1.53. The molecule has 30 heavy (non-hydrogen) atoms. The van der Waals surface area contributed by atoms with Crippen molar-refractivity contribution in [3.05, 3.63) is 70.7 Å². The van der Waals surface area contributed by atoms with E-state index in [1.807, 2.05) is 25.1 Å². The lowest BCUT2D eigenvalue weighted by molar-refractivity contribution is -0.121. The highest BCUT2D eigenvalue weighted by Crippen LogP contribution is 2.26. The van der Waals surface area contributed by atoms with Gasteiger partial charge in [-0.1, -0.05) is 6.07 Å². The first-order valence-electron chi connectivity index (χ1n) is 9.52. The van der Waals surface area contributed by atoms with Crippen molar-refractivity contribution in [2.75, 3.05) is 14.2 Å². The molecule has 0 atom stereocenters. The third kappa shape index (κ3) is 5.56. The Kier molecular flexibility index (Phi) is 7.00. The summed E-state index contributed by atoms with van der Waals surface area (Å²) in [6, 6.07) is 9.99. The topological polar surface area (TPSA) is 86.5 Å². The van der Waals surface area contributed by atoms with Crippen LogP contribution in [0, 0.1) is 12.7 Å². The number of amides is 1. The van der Waals surface area contributed by atoms with Crippen LogP contribution in [0.4, 0.5) is 4.39 Å². The van der Waals surface area contributed by atoms with E-state index < -0.39 is 0 Å². The van der Waals surface area contributed by atoms with Crippen LogP contribution < -0.4 is 14.8 Å². The number of nitrogens with one attached hydrogen (secondary N) is 1. The van der Waals surface area contributed by atoms with Gasteiger partial charge in [0.1, 0.15) is 17.3 Å². The second kappa shape index (κ2) is 9.87. The van der Waals surface area contributed by atoms with Gasteiger partial charge < -0.3 is 19.2 Å². The van der Waals surface area contributed by atoms with Crippen molar-refractivity contribution in [2.24, 2.45) is 0 Å². The number of hydrogen-bond donors (Lipinski definition) is 1. The molecule has 2 aromatic carbocycles. The maximum atomic E-state index is 13.3. The summed E-state index contributed by atoms with van der Waals surface area (Å²) in [7, 11) is 3.19. The van der Waals surface area contributed by atoms with Gasteiger partial charge >= 0.3 is 0 Å². The van der Waals surface area contributed by atoms with Gasteiger partial charge in [-0.3, -0.25) is 4.79 Å². The number of aryl methyl sites for hydroxylation is 2. The van der Waals surface area contributed by atoms with Gasteiger partial charge in [-0.2, -0.15) is 0 Å². The van der Waals surface area contributed by atoms with E-state index in [9.17, 15) is 9.18 Å². The maximum Gasteiger partial charge on any atom is 0.221 e. The molecule has 0 saturated carbocycles. The van der Waals surface area contributed by atoms with E-state index in [0.717, 1.165) is 16.7 Å². The molecule has 0 unspecified atom stereocenters. The van der Waals surface area contributed by atoms with Crippen LogP contribution in [0.2, 0.25) is 0 Å². The highest BCUT2D eigenvalue weighted by molar-refractivity contribution is 5.76. The molecule has 158 valence electrons. The van der Waals surface area contributed by atoms with Gasteiger partial charge in [-0.05, 0) is 48.4 Å². The standard InChI is InChI=1S/C22H24FN3O4/c1-14-4-5-17(23)10-16(14)13-24-20(27)8-9-21-25-26-22(30-21)12-15-11-18(28-2)6-7-19(15)29-3/h4-7,10-11H,8-9,12-13H2,1-3H3,(H,24,27). The van der Waals surface area contributed by atoms with Gasteiger partial charge in [0.25, 0.3) is 0 Å². The Hall–Kier alpha value is -3.42. The van der Waals surface area contributed by atoms with Crippen molar-refractivity contribution in [1.82, 2.24) is 15.5 Å². The van der Waals surface area contributed by atoms with Gasteiger partial charge in [0.2, 0.25) is 17.7 Å². The Morgan fingerprint density at radius 3 is 2.63 bits per heavy atom. The fourth-order valence-electron chi connectivity index (χ4n) is 2.98. The van der Waals surface area contributed by atoms with Gasteiger partial charge in [0, 0.05) is 24.9 Å². The molecule has 3 aromatic rings. The van der Waals surface area contributed by atoms with E-state index in [0.29, 0.717) is 36.1 Å². The second-order valence-electron chi connectivity index (χ2n) is 6.79. The van der Waals surface area contributed by atoms with Crippen molar-refractivity contribution < 1.29 is 23.1 Å². The monoisotopic (exact) mass is 413 g/mol. The average molecular weight is 413 g/mol. The van der Waals surface area contributed by atoms with E-state index in [2.05, 4.69) is 15.5 Å². The van der Waals surface area contributed by atoms with Crippen LogP contribution in [0.5, 0.6) is 11.5 Å². The molecule has 0 fully saturated rings. The van der Waals surface area contributed by atoms with Crippen molar-refractivity contribution in [3.63, 3.8) is 0 Å². The zero-order valence-electron chi connectivity index (χ0n) is 17.2. The average Bonchev–Trinajstić information content (AvgIpc) is 3.20. The Labute approximate surface area is 174 Å². The normalized spacial score (nSPS) is 10.7. The molecular weight excluding hydrogens is 389 g/mol. The quantitative estimate of drug-likeness (QED) is 0.579. The van der Waals surface area contributed by atoms with Gasteiger partial charge in [0.15, 0.2) is 0 Å². The van der Waals surface area contributed by atoms with E-state index in [1.54, 1.807) is 20.3 Å². The summed E-state index contributed by atoms with van der Waals surface area (Å²) in [6.45, 7) is 2.14. The number of carbonyl (C=O) groups is 1. The molecule has 1 heterocycles. The van der Waals surface area contributed by atoms with Crippen molar-refractivity contribution in [3.8, 4) is 11.5 Å². The van der Waals surface area contributed by atoms with Crippen LogP contribution in [0.1, 0.15) is 34.9 Å². The molecule has 0 radical (unpaired) electrons. The van der Waals surface area contributed by atoms with Gasteiger partial charge in [0.05, 0.1) is 20.6 Å².